The minimum absolute atomic E-state index is 0.0000378. The Hall–Kier alpha value is -12.5. The minimum Gasteiger partial charge on any atom is -0.508 e. The first-order valence-electron chi connectivity index (χ1n) is 39.8. The molecular weight excluding hydrogens is 1680 g/mol. The Bertz CT molecular complexity index is 4170. The molecule has 0 aromatic heterocycles. The van der Waals surface area contributed by atoms with Crippen molar-refractivity contribution in [3.8, 4) is 23.8 Å². The smallest absolute Gasteiger partial charge is 0.508 e. The number of thioether (sulfide) groups is 1. The molecular formula is C77H118N21O25PS. The Kier molecular flexibility index (Phi) is 49.5. The number of unbranched alkanes of at least 4 members (excludes halogenated alkanes) is 1. The second-order valence-corrected chi connectivity index (χ2v) is 31.4. The van der Waals surface area contributed by atoms with Crippen molar-refractivity contribution in [2.24, 2.45) is 40.7 Å². The third-order valence-corrected chi connectivity index (χ3v) is 19.7. The van der Waals surface area contributed by atoms with Gasteiger partial charge in [-0.25, -0.2) is 0 Å². The Labute approximate surface area is 725 Å². The van der Waals surface area contributed by atoms with Crippen LogP contribution in [0.15, 0.2) is 48.5 Å². The molecule has 0 heterocycles. The van der Waals surface area contributed by atoms with Gasteiger partial charge in [0.1, 0.15) is 84.0 Å². The molecule has 2 aromatic carbocycles. The van der Waals surface area contributed by atoms with E-state index in [4.69, 9.17) is 44.7 Å². The van der Waals surface area contributed by atoms with Gasteiger partial charge >= 0.3 is 19.8 Å². The number of hydrogen-bond acceptors (Lipinski definition) is 27. The Morgan fingerprint density at radius 2 is 0.896 bits per heavy atom. The summed E-state index contributed by atoms with van der Waals surface area (Å²) in [6, 6.07) is -11.9. The average molecular weight is 1800 g/mol. The number of aliphatic carboxylic acids is 2. The fraction of sp³-hybridized carbons (Fsp3) is 0.571. The van der Waals surface area contributed by atoms with E-state index >= 15 is 0 Å². The summed E-state index contributed by atoms with van der Waals surface area (Å²) >= 11 is 1.27. The summed E-state index contributed by atoms with van der Waals surface area (Å²) in [7, 11) is -3.43. The molecule has 2 rings (SSSR count). The van der Waals surface area contributed by atoms with Crippen LogP contribution >= 0.6 is 19.7 Å². The molecule has 0 aliphatic carbocycles. The predicted molar refractivity (Wildman–Crippen MR) is 450 cm³/mol. The number of primary amides is 1. The number of rotatable bonds is 59. The van der Waals surface area contributed by atoms with E-state index < -0.39 is 256 Å². The molecule has 0 saturated heterocycles. The highest BCUT2D eigenvalue weighted by molar-refractivity contribution is 7.98. The number of guanidine groups is 2. The van der Waals surface area contributed by atoms with E-state index in [0.29, 0.717) is 5.56 Å². The van der Waals surface area contributed by atoms with Crippen LogP contribution in [0.3, 0.4) is 0 Å². The van der Waals surface area contributed by atoms with E-state index in [0.717, 1.165) is 0 Å². The second kappa shape index (κ2) is 57.0. The highest BCUT2D eigenvalue weighted by atomic mass is 32.2. The van der Waals surface area contributed by atoms with Crippen LogP contribution in [0.25, 0.3) is 0 Å². The summed E-state index contributed by atoms with van der Waals surface area (Å²) < 4.78 is 27.6. The number of aromatic hydroxyl groups is 1. The Morgan fingerprint density at radius 1 is 0.488 bits per heavy atom. The third-order valence-electron chi connectivity index (χ3n) is 18.7. The molecule has 0 unspecified atom stereocenters. The highest BCUT2D eigenvalue weighted by Crippen LogP contribution is 2.21. The number of carboxylic acid groups (broad SMARTS) is 2. The first-order valence-corrected chi connectivity index (χ1v) is 42.3. The number of amides is 15. The summed E-state index contributed by atoms with van der Waals surface area (Å²) in [5.74, 6) is -20.6. The standard InChI is InChI=1S/C77H118N21O25PS/c1-9-11-12-17-58(103)96-70(115)52(33-42-18-22-44(101)23-19-42)91-65(110)49(28-31-125-8)88-64(109)47(16-14-30-85-77(82)83)86-72(117)56(38-100)95-74(119)61(40(5)6)97-66(111)48(26-27-59(104)105)87-68(113)51(34-43-20-24-45(25-21-43)123-124(121)122)92-67(112)50(32-39(3)4)90-73(118)55(37-99)94-69(114)53(35-57(79)102)93-75(120)62(41(7)10-2)98-71(116)54(36-60(106)107)89-63(108)46(78)15-13-29-84-76(80)81/h1,18-25,39-41,46-56,61-62,99-101H,10-17,26-38,78H2,2-8H3,(H2,79,102)(H,86,117)(H,87,113)(H,88,109)(H,89,108)(H,90,118)(H,91,110)(H,92,112)(H,93,120)(H,94,114)(H,95,119)(H,97,111)(H,98,116)(H,104,105)(H,106,107)(H4,80,81,84)(H4,82,83,85)(H,96,103,115)/t41-,46-,47-,48-,49-,50-,51-,52-,53-,54-,55-,56-,61-,62-/m0/s1. The van der Waals surface area contributed by atoms with Crippen molar-refractivity contribution >= 4 is 132 Å². The van der Waals surface area contributed by atoms with Gasteiger partial charge in [-0.3, -0.25) is 97.6 Å². The summed E-state index contributed by atoms with van der Waals surface area (Å²) in [5, 5.41) is 102. The van der Waals surface area contributed by atoms with E-state index in [9.17, 15) is 116 Å². The molecule has 14 atom stereocenters. The lowest BCUT2D eigenvalue weighted by atomic mass is 9.97. The van der Waals surface area contributed by atoms with E-state index in [-0.39, 0.29) is 112 Å². The molecule has 0 spiro atoms. The number of carbonyl (C=O) groups excluding carboxylic acids is 15. The molecule has 15 amide bonds. The number of aliphatic hydroxyl groups excluding tert-OH is 2. The lowest BCUT2D eigenvalue weighted by Gasteiger charge is -2.29. The van der Waals surface area contributed by atoms with Gasteiger partial charge in [0.15, 0.2) is 11.9 Å². The van der Waals surface area contributed by atoms with Gasteiger partial charge in [-0.1, -0.05) is 72.2 Å². The minimum atomic E-state index is -3.43. The molecule has 0 aliphatic heterocycles. The lowest BCUT2D eigenvalue weighted by molar-refractivity contribution is -0.141. The monoisotopic (exact) mass is 1800 g/mol. The second-order valence-electron chi connectivity index (χ2n) is 29.8. The largest absolute Gasteiger partial charge is 0.529 e. The molecule has 125 heavy (non-hydrogen) atoms. The van der Waals surface area contributed by atoms with E-state index in [1.807, 2.05) is 0 Å². The van der Waals surface area contributed by atoms with Gasteiger partial charge in [-0.05, 0) is 117 Å². The molecule has 48 heteroatoms. The molecule has 0 radical (unpaired) electrons. The maximum Gasteiger partial charge on any atom is 0.529 e. The normalized spacial score (nSPS) is 14.3. The number of carboxylic acids is 2. The summed E-state index contributed by atoms with van der Waals surface area (Å²) in [4.78, 5) is 234. The summed E-state index contributed by atoms with van der Waals surface area (Å²) in [5.41, 5.74) is 22.8. The average Bonchev–Trinajstić information content (AvgIpc) is 0.848. The zero-order valence-corrected chi connectivity index (χ0v) is 72.1. The van der Waals surface area contributed by atoms with Crippen molar-refractivity contribution in [1.29, 1.82) is 10.8 Å². The molecule has 46 nitrogen and oxygen atoms in total. The van der Waals surface area contributed by atoms with Crippen LogP contribution in [0.4, 0.5) is 0 Å². The predicted octanol–water partition coefficient (Wildman–Crippen LogP) is -5.54. The van der Waals surface area contributed by atoms with Crippen LogP contribution in [0, 0.1) is 40.9 Å². The van der Waals surface area contributed by atoms with Crippen LogP contribution in [0.5, 0.6) is 11.5 Å². The number of hydrogen-bond donors (Lipinski definition) is 26. The van der Waals surface area contributed by atoms with Crippen molar-refractivity contribution < 1.29 is 121 Å². The highest BCUT2D eigenvalue weighted by Gasteiger charge is 2.40. The molecule has 30 N–H and O–H groups in total. The SMILES string of the molecule is C#CCCCC(=O)NC(=O)[C@H](Cc1ccc(O)cc1)NC(=O)[C@H](CCSC)NC(=O)[C@H](CCCNC(=N)N)NC(=O)[C@H](CO)NC(=O)[C@@H](NC(=O)[C@H](CCC(=O)O)NC(=O)[C@H](Cc1ccc(OP(=O)=O)cc1)NC(=O)[C@H](CC(C)C)NC(=O)[C@H](CO)NC(=O)[C@H](CC(N)=O)NC(=O)[C@@H](NC(=O)[C@H](CC(=O)O)NC(=O)[C@@H](N)CCCNC(=N)N)[C@@H](C)CC)C(C)C. The number of nitrogens with two attached hydrogens (primary N) is 4. The fourth-order valence-corrected chi connectivity index (χ4v) is 12.6. The van der Waals surface area contributed by atoms with E-state index in [2.05, 4.69) is 85.7 Å². The number of benzene rings is 2. The zero-order chi connectivity index (χ0) is 94.3. The summed E-state index contributed by atoms with van der Waals surface area (Å²) in [6.45, 7) is 6.76. The van der Waals surface area contributed by atoms with Gasteiger partial charge in [0.05, 0.1) is 32.1 Å². The molecule has 2 aromatic rings. The molecule has 692 valence electrons. The van der Waals surface area contributed by atoms with Crippen LogP contribution in [0.1, 0.15) is 143 Å². The van der Waals surface area contributed by atoms with Gasteiger partial charge < -0.3 is 127 Å². The summed E-state index contributed by atoms with van der Waals surface area (Å²) in [6.07, 6.45) is 2.75. The number of terminal acetylenes is 1. The molecule has 0 saturated carbocycles. The molecule has 0 bridgehead atoms. The van der Waals surface area contributed by atoms with Gasteiger partial charge in [-0.2, -0.15) is 20.9 Å². The third kappa shape index (κ3) is 42.4. The number of imide groups is 1. The van der Waals surface area contributed by atoms with Gasteiger partial charge in [0, 0.05) is 45.2 Å². The van der Waals surface area contributed by atoms with Crippen molar-refractivity contribution in [1.82, 2.24) is 79.8 Å². The molecule has 0 aliphatic rings. The van der Waals surface area contributed by atoms with E-state index in [1.165, 1.54) is 81.1 Å². The molecule has 0 fully saturated rings. The van der Waals surface area contributed by atoms with Crippen LogP contribution < -0.4 is 107 Å². The maximum absolute atomic E-state index is 14.8. The van der Waals surface area contributed by atoms with Crippen LogP contribution in [-0.4, -0.2) is 255 Å². The van der Waals surface area contributed by atoms with Crippen molar-refractivity contribution in [2.45, 2.75) is 223 Å². The van der Waals surface area contributed by atoms with Gasteiger partial charge in [-0.15, -0.1) is 12.3 Å². The quantitative estimate of drug-likeness (QED) is 0.00966. The van der Waals surface area contributed by atoms with Crippen molar-refractivity contribution in [3.05, 3.63) is 59.7 Å². The van der Waals surface area contributed by atoms with Crippen molar-refractivity contribution in [2.75, 3.05) is 38.3 Å². The lowest BCUT2D eigenvalue weighted by Crippen LogP contribution is -2.62. The fourth-order valence-electron chi connectivity index (χ4n) is 11.8. The van der Waals surface area contributed by atoms with Gasteiger partial charge in [0.2, 0.25) is 88.6 Å². The van der Waals surface area contributed by atoms with E-state index in [1.54, 1.807) is 27.0 Å². The van der Waals surface area contributed by atoms with Gasteiger partial charge in [0.25, 0.3) is 0 Å². The maximum atomic E-state index is 14.8. The first-order chi connectivity index (χ1) is 58.9. The Morgan fingerprint density at radius 3 is 1.38 bits per heavy atom. The zero-order valence-electron chi connectivity index (χ0n) is 70.3. The first kappa shape index (κ1) is 109. The number of aliphatic hydroxyl groups is 2. The number of phenolic OH excluding ortho intramolecular Hbond substituents is 1. The van der Waals surface area contributed by atoms with Crippen LogP contribution in [0.2, 0.25) is 0 Å². The number of nitrogens with one attached hydrogen (secondary N) is 17. The number of carbonyl (C=O) groups is 17. The van der Waals surface area contributed by atoms with Crippen LogP contribution in [-0.2, 0) is 103 Å². The topological polar surface area (TPSA) is 767 Å². The Balaban J connectivity index is 2.59. The number of phenols is 1. The van der Waals surface area contributed by atoms with Crippen molar-refractivity contribution in [3.63, 3.8) is 0 Å².